The van der Waals surface area contributed by atoms with Crippen molar-refractivity contribution in [1.29, 1.82) is 0 Å². The zero-order valence-electron chi connectivity index (χ0n) is 49.9. The third-order valence-corrected chi connectivity index (χ3v) is 13.6. The zero-order chi connectivity index (χ0) is 64.0. The predicted molar refractivity (Wildman–Crippen MR) is 343 cm³/mol. The SMILES string of the molecule is C=CCOCCOC(=O)c1ccc2cc(C(=O)OCCCCOC(=O)c3ccc4cc(C(=O)OCCCCOC(=O)c5ccc6cc(C(=O)OCCOCC=C)ccc6c5)ccc4c3)ccc2c1.CCCOC(=O)c1ccc2cc(C(=O)OCCS)ccc2c1. The highest BCUT2D eigenvalue weighted by molar-refractivity contribution is 7.80. The Hall–Kier alpha value is -9.69. The van der Waals surface area contributed by atoms with E-state index < -0.39 is 35.8 Å². The van der Waals surface area contributed by atoms with Crippen LogP contribution >= 0.6 is 12.6 Å². The first-order valence-electron chi connectivity index (χ1n) is 29.3. The molecule has 0 saturated heterocycles. The van der Waals surface area contributed by atoms with Crippen LogP contribution in [0.5, 0.6) is 0 Å². The summed E-state index contributed by atoms with van der Waals surface area (Å²) in [7, 11) is 0. The number of benzene rings is 8. The van der Waals surface area contributed by atoms with Crippen molar-refractivity contribution in [2.45, 2.75) is 39.0 Å². The van der Waals surface area contributed by atoms with Crippen molar-refractivity contribution in [2.24, 2.45) is 0 Å². The van der Waals surface area contributed by atoms with Crippen molar-refractivity contribution in [3.63, 3.8) is 0 Å². The number of fused-ring (bicyclic) bond motifs is 4. The monoisotopic (exact) mass is 1240 g/mol. The molecule has 8 rings (SSSR count). The third-order valence-electron chi connectivity index (χ3n) is 13.4. The minimum Gasteiger partial charge on any atom is -0.462 e. The Morgan fingerprint density at radius 1 is 0.300 bits per heavy atom. The molecule has 8 aromatic carbocycles. The second kappa shape index (κ2) is 36.0. The first-order valence-corrected chi connectivity index (χ1v) is 29.9. The van der Waals surface area contributed by atoms with E-state index in [1.165, 1.54) is 0 Å². The normalized spacial score (nSPS) is 10.8. The molecule has 0 amide bonds. The largest absolute Gasteiger partial charge is 0.462 e. The van der Waals surface area contributed by atoms with E-state index in [4.69, 9.17) is 47.4 Å². The molecule has 0 atom stereocenters. The Bertz CT molecular complexity index is 3610. The minimum atomic E-state index is -0.502. The van der Waals surface area contributed by atoms with Crippen molar-refractivity contribution in [1.82, 2.24) is 0 Å². The van der Waals surface area contributed by atoms with Crippen LogP contribution in [0.4, 0.5) is 0 Å². The molecule has 0 bridgehead atoms. The number of hydrogen-bond acceptors (Lipinski definition) is 19. The maximum Gasteiger partial charge on any atom is 0.338 e. The maximum absolute atomic E-state index is 12.8. The van der Waals surface area contributed by atoms with E-state index in [1.807, 2.05) is 6.92 Å². The molecule has 0 aliphatic heterocycles. The van der Waals surface area contributed by atoms with E-state index in [9.17, 15) is 38.4 Å². The van der Waals surface area contributed by atoms with Gasteiger partial charge in [-0.2, -0.15) is 12.6 Å². The molecule has 0 heterocycles. The summed E-state index contributed by atoms with van der Waals surface area (Å²) < 4.78 is 52.8. The van der Waals surface area contributed by atoms with Crippen LogP contribution in [0.2, 0.25) is 0 Å². The quantitative estimate of drug-likeness (QED) is 0.0136. The lowest BCUT2D eigenvalue weighted by molar-refractivity contribution is 0.0348. The van der Waals surface area contributed by atoms with Gasteiger partial charge in [0.15, 0.2) is 0 Å². The second-order valence-electron chi connectivity index (χ2n) is 20.1. The van der Waals surface area contributed by atoms with E-state index >= 15 is 0 Å². The third kappa shape index (κ3) is 20.7. The lowest BCUT2D eigenvalue weighted by atomic mass is 10.0. The molecular formula is C71H70O18S. The molecule has 8 aromatic rings. The molecule has 19 heteroatoms. The number of rotatable bonds is 32. The van der Waals surface area contributed by atoms with Gasteiger partial charge in [-0.05, 0) is 172 Å². The molecule has 0 aliphatic carbocycles. The molecule has 0 spiro atoms. The average molecular weight is 1240 g/mol. The number of carbonyl (C=O) groups excluding carboxylic acids is 8. The zero-order valence-corrected chi connectivity index (χ0v) is 50.8. The number of thiol groups is 1. The van der Waals surface area contributed by atoms with Crippen LogP contribution in [-0.4, -0.2) is 133 Å². The van der Waals surface area contributed by atoms with Crippen LogP contribution in [0.1, 0.15) is 122 Å². The number of esters is 8. The molecule has 468 valence electrons. The number of ether oxygens (including phenoxy) is 10. The van der Waals surface area contributed by atoms with Crippen molar-refractivity contribution >= 4 is 103 Å². The predicted octanol–water partition coefficient (Wildman–Crippen LogP) is 12.9. The first-order chi connectivity index (χ1) is 43.8. The van der Waals surface area contributed by atoms with Crippen LogP contribution in [0.25, 0.3) is 43.1 Å². The average Bonchev–Trinajstić information content (AvgIpc) is 2.41. The highest BCUT2D eigenvalue weighted by atomic mass is 32.1. The molecule has 0 fully saturated rings. The lowest BCUT2D eigenvalue weighted by Crippen LogP contribution is -2.11. The molecule has 0 radical (unpaired) electrons. The fourth-order valence-electron chi connectivity index (χ4n) is 8.79. The van der Waals surface area contributed by atoms with Gasteiger partial charge in [-0.25, -0.2) is 38.4 Å². The van der Waals surface area contributed by atoms with Crippen molar-refractivity contribution in [3.8, 4) is 0 Å². The standard InChI is InChI=1S/C54H52O14.C17H18O4S/c1-3-21-61-27-29-67-53(59)47-19-13-39-33-45(17-11-41(39)35-47)51(57)65-25-7-5-23-63-49(55)43-15-9-38-32-44(16-10-37(38)31-43)50(56)64-24-6-8-26-66-52(58)46-18-12-42-36-48(20-14-40(42)34-46)54(60)68-30-28-62-22-4-2;1-2-7-20-16(18)14-5-3-13-11-15(6-4-12(13)10-14)17(19)21-8-9-22/h3-4,9-20,31-36H,1-2,5-8,21-30H2;3-6,10-11,22H,2,7-9H2,1H3. The fraction of sp³-hybridized carbons (Fsp3) is 0.268. The molecule has 0 saturated carbocycles. The van der Waals surface area contributed by atoms with Gasteiger partial charge in [-0.1, -0.05) is 67.6 Å². The molecule has 0 N–H and O–H groups in total. The first kappa shape index (κ1) is 67.8. The van der Waals surface area contributed by atoms with Crippen LogP contribution in [-0.2, 0) is 47.4 Å². The fourth-order valence-corrected chi connectivity index (χ4v) is 8.88. The van der Waals surface area contributed by atoms with Gasteiger partial charge in [0.05, 0.1) is 104 Å². The highest BCUT2D eigenvalue weighted by Gasteiger charge is 2.17. The summed E-state index contributed by atoms with van der Waals surface area (Å²) in [5.74, 6) is -3.14. The van der Waals surface area contributed by atoms with Gasteiger partial charge >= 0.3 is 47.8 Å². The Morgan fingerprint density at radius 3 is 0.700 bits per heavy atom. The molecule has 0 unspecified atom stereocenters. The van der Waals surface area contributed by atoms with Gasteiger partial charge in [-0.3, -0.25) is 0 Å². The topological polar surface area (TPSA) is 229 Å². The number of hydrogen-bond donors (Lipinski definition) is 1. The second-order valence-corrected chi connectivity index (χ2v) is 20.5. The highest BCUT2D eigenvalue weighted by Crippen LogP contribution is 2.24. The molecule has 90 heavy (non-hydrogen) atoms. The van der Waals surface area contributed by atoms with E-state index in [-0.39, 0.29) is 71.4 Å². The maximum atomic E-state index is 12.8. The Labute approximate surface area is 526 Å². The summed E-state index contributed by atoms with van der Waals surface area (Å²) in [6, 6.07) is 40.8. The van der Waals surface area contributed by atoms with E-state index in [0.717, 1.165) is 49.5 Å². The van der Waals surface area contributed by atoms with Gasteiger partial charge in [0.2, 0.25) is 0 Å². The van der Waals surface area contributed by atoms with Crippen LogP contribution in [0, 0.1) is 0 Å². The van der Waals surface area contributed by atoms with Gasteiger partial charge in [0.25, 0.3) is 0 Å². The Morgan fingerprint density at radius 2 is 0.500 bits per heavy atom. The molecule has 0 aliphatic rings. The summed E-state index contributed by atoms with van der Waals surface area (Å²) in [5.41, 5.74) is 3.21. The van der Waals surface area contributed by atoms with Gasteiger partial charge in [-0.15, -0.1) is 13.2 Å². The Balaban J connectivity index is 0.000000439. The van der Waals surface area contributed by atoms with Gasteiger partial charge in [0, 0.05) is 5.75 Å². The summed E-state index contributed by atoms with van der Waals surface area (Å²) in [4.78, 5) is 99.4. The molecular weight excluding hydrogens is 1170 g/mol. The number of carbonyl (C=O) groups is 8. The molecule has 18 nitrogen and oxygen atoms in total. The summed E-state index contributed by atoms with van der Waals surface area (Å²) in [5, 5.41) is 6.27. The van der Waals surface area contributed by atoms with Crippen LogP contribution in [0.15, 0.2) is 171 Å². The van der Waals surface area contributed by atoms with Gasteiger partial charge in [0.1, 0.15) is 19.8 Å². The number of unbranched alkanes of at least 4 members (excludes halogenated alkanes) is 2. The van der Waals surface area contributed by atoms with Gasteiger partial charge < -0.3 is 47.4 Å². The van der Waals surface area contributed by atoms with E-state index in [2.05, 4.69) is 25.8 Å². The summed E-state index contributed by atoms with van der Waals surface area (Å²) >= 11 is 4.00. The lowest BCUT2D eigenvalue weighted by Gasteiger charge is -2.09. The van der Waals surface area contributed by atoms with Crippen molar-refractivity contribution < 1.29 is 85.7 Å². The minimum absolute atomic E-state index is 0.125. The molecule has 0 aromatic heterocycles. The summed E-state index contributed by atoms with van der Waals surface area (Å²) in [6.07, 6.45) is 5.93. The Kier molecular flexibility index (Phi) is 27.1. The summed E-state index contributed by atoms with van der Waals surface area (Å²) in [6.45, 7) is 11.9. The van der Waals surface area contributed by atoms with E-state index in [1.54, 1.807) is 158 Å². The smallest absolute Gasteiger partial charge is 0.338 e. The van der Waals surface area contributed by atoms with Crippen molar-refractivity contribution in [2.75, 3.05) is 85.0 Å². The van der Waals surface area contributed by atoms with Crippen LogP contribution in [0.3, 0.4) is 0 Å². The van der Waals surface area contributed by atoms with Crippen LogP contribution < -0.4 is 0 Å². The van der Waals surface area contributed by atoms with E-state index in [0.29, 0.717) is 95.8 Å². The van der Waals surface area contributed by atoms with Crippen molar-refractivity contribution in [3.05, 3.63) is 215 Å².